The van der Waals surface area contributed by atoms with Crippen molar-refractivity contribution in [2.45, 2.75) is 13.8 Å². The standard InChI is InChI=1S/C15H14N4O2S/c1-3-21-14(20)11-6-9-12(10-5-4-8(2)7-17-10)18-15(16)19-13(9)22-11/h4-7H,3H2,1-2H3,(H2,16,18,19). The number of hydrogen-bond acceptors (Lipinski definition) is 7. The van der Waals surface area contributed by atoms with E-state index < -0.39 is 0 Å². The second kappa shape index (κ2) is 5.69. The number of rotatable bonds is 3. The lowest BCUT2D eigenvalue weighted by Crippen LogP contribution is -2.01. The highest BCUT2D eigenvalue weighted by atomic mass is 32.1. The van der Waals surface area contributed by atoms with Crippen LogP contribution in [-0.2, 0) is 4.74 Å². The van der Waals surface area contributed by atoms with Crippen LogP contribution in [0, 0.1) is 6.92 Å². The number of fused-ring (bicyclic) bond motifs is 1. The van der Waals surface area contributed by atoms with Crippen LogP contribution in [0.3, 0.4) is 0 Å². The summed E-state index contributed by atoms with van der Waals surface area (Å²) in [6.45, 7) is 4.06. The number of hydrogen-bond donors (Lipinski definition) is 1. The smallest absolute Gasteiger partial charge is 0.348 e. The Morgan fingerprint density at radius 2 is 2.18 bits per heavy atom. The second-order valence-electron chi connectivity index (χ2n) is 4.70. The zero-order valence-corrected chi connectivity index (χ0v) is 13.0. The van der Waals surface area contributed by atoms with Crippen LogP contribution in [0.4, 0.5) is 5.95 Å². The number of nitrogens with two attached hydrogens (primary N) is 1. The van der Waals surface area contributed by atoms with Crippen molar-refractivity contribution in [1.29, 1.82) is 0 Å². The van der Waals surface area contributed by atoms with Gasteiger partial charge in [0.05, 0.1) is 12.3 Å². The molecule has 0 saturated heterocycles. The fourth-order valence-electron chi connectivity index (χ4n) is 2.04. The summed E-state index contributed by atoms with van der Waals surface area (Å²) >= 11 is 1.24. The molecule has 0 radical (unpaired) electrons. The molecule has 7 heteroatoms. The Bertz CT molecular complexity index is 843. The molecule has 3 rings (SSSR count). The van der Waals surface area contributed by atoms with E-state index >= 15 is 0 Å². The number of esters is 1. The van der Waals surface area contributed by atoms with Crippen molar-refractivity contribution in [3.63, 3.8) is 0 Å². The van der Waals surface area contributed by atoms with Gasteiger partial charge in [-0.25, -0.2) is 14.8 Å². The highest BCUT2D eigenvalue weighted by Crippen LogP contribution is 2.32. The molecule has 0 saturated carbocycles. The molecule has 112 valence electrons. The molecule has 0 aliphatic heterocycles. The van der Waals surface area contributed by atoms with Gasteiger partial charge in [0.25, 0.3) is 0 Å². The van der Waals surface area contributed by atoms with Crippen LogP contribution in [0.5, 0.6) is 0 Å². The van der Waals surface area contributed by atoms with E-state index in [-0.39, 0.29) is 11.9 Å². The summed E-state index contributed by atoms with van der Waals surface area (Å²) in [5, 5.41) is 0.749. The molecule has 6 nitrogen and oxygen atoms in total. The number of nitrogen functional groups attached to an aromatic ring is 1. The molecule has 0 unspecified atom stereocenters. The highest BCUT2D eigenvalue weighted by molar-refractivity contribution is 7.20. The van der Waals surface area contributed by atoms with E-state index in [1.54, 1.807) is 19.2 Å². The first-order valence-corrected chi connectivity index (χ1v) is 7.57. The fraction of sp³-hybridized carbons (Fsp3) is 0.200. The van der Waals surface area contributed by atoms with E-state index in [0.29, 0.717) is 27.7 Å². The van der Waals surface area contributed by atoms with Crippen LogP contribution in [0.25, 0.3) is 21.6 Å². The molecule has 3 aromatic rings. The number of aromatic nitrogens is 3. The molecule has 0 bridgehead atoms. The Morgan fingerprint density at radius 1 is 1.36 bits per heavy atom. The summed E-state index contributed by atoms with van der Waals surface area (Å²) in [4.78, 5) is 25.9. The molecule has 0 aliphatic carbocycles. The largest absolute Gasteiger partial charge is 0.462 e. The van der Waals surface area contributed by atoms with Crippen LogP contribution in [0.2, 0.25) is 0 Å². The molecule has 0 aromatic carbocycles. The summed E-state index contributed by atoms with van der Waals surface area (Å²) in [6.07, 6.45) is 1.76. The van der Waals surface area contributed by atoms with Crippen molar-refractivity contribution in [2.75, 3.05) is 12.3 Å². The minimum atomic E-state index is -0.369. The van der Waals surface area contributed by atoms with Gasteiger partial charge in [-0.3, -0.25) is 4.98 Å². The molecule has 0 fully saturated rings. The Hall–Kier alpha value is -2.54. The van der Waals surface area contributed by atoms with Gasteiger partial charge in [-0.1, -0.05) is 6.07 Å². The van der Waals surface area contributed by atoms with E-state index in [1.807, 2.05) is 19.1 Å². The third-order valence-electron chi connectivity index (χ3n) is 3.04. The van der Waals surface area contributed by atoms with Gasteiger partial charge in [0.15, 0.2) is 0 Å². The monoisotopic (exact) mass is 314 g/mol. The van der Waals surface area contributed by atoms with Gasteiger partial charge in [-0.05, 0) is 31.5 Å². The van der Waals surface area contributed by atoms with E-state index in [0.717, 1.165) is 10.9 Å². The van der Waals surface area contributed by atoms with Gasteiger partial charge >= 0.3 is 5.97 Å². The van der Waals surface area contributed by atoms with E-state index in [1.165, 1.54) is 11.3 Å². The summed E-state index contributed by atoms with van der Waals surface area (Å²) in [5.41, 5.74) is 8.14. The maximum absolute atomic E-state index is 11.9. The average molecular weight is 314 g/mol. The van der Waals surface area contributed by atoms with Crippen LogP contribution in [0.15, 0.2) is 24.4 Å². The third-order valence-corrected chi connectivity index (χ3v) is 4.05. The van der Waals surface area contributed by atoms with Crippen molar-refractivity contribution in [3.05, 3.63) is 34.8 Å². The minimum Gasteiger partial charge on any atom is -0.462 e. The van der Waals surface area contributed by atoms with Crippen LogP contribution in [-0.4, -0.2) is 27.5 Å². The van der Waals surface area contributed by atoms with Crippen LogP contribution in [0.1, 0.15) is 22.2 Å². The van der Waals surface area contributed by atoms with Gasteiger partial charge in [0, 0.05) is 11.6 Å². The molecule has 22 heavy (non-hydrogen) atoms. The molecular weight excluding hydrogens is 300 g/mol. The molecule has 2 N–H and O–H groups in total. The number of anilines is 1. The first-order chi connectivity index (χ1) is 10.6. The first-order valence-electron chi connectivity index (χ1n) is 6.75. The van der Waals surface area contributed by atoms with Crippen molar-refractivity contribution in [2.24, 2.45) is 0 Å². The maximum Gasteiger partial charge on any atom is 0.348 e. The Balaban J connectivity index is 2.17. The van der Waals surface area contributed by atoms with Crippen molar-refractivity contribution < 1.29 is 9.53 Å². The number of thiophene rings is 1. The van der Waals surface area contributed by atoms with Crippen molar-refractivity contribution >= 4 is 33.5 Å². The lowest BCUT2D eigenvalue weighted by Gasteiger charge is -2.03. The first kappa shape index (κ1) is 14.4. The lowest BCUT2D eigenvalue weighted by atomic mass is 10.2. The Morgan fingerprint density at radius 3 is 2.86 bits per heavy atom. The summed E-state index contributed by atoms with van der Waals surface area (Å²) in [5.74, 6) is -0.214. The molecule has 0 amide bonds. The number of aryl methyl sites for hydroxylation is 1. The van der Waals surface area contributed by atoms with Crippen molar-refractivity contribution in [1.82, 2.24) is 15.0 Å². The zero-order chi connectivity index (χ0) is 15.7. The van der Waals surface area contributed by atoms with Gasteiger partial charge in [0.1, 0.15) is 15.4 Å². The molecule has 3 heterocycles. The van der Waals surface area contributed by atoms with Crippen LogP contribution >= 0.6 is 11.3 Å². The molecule has 0 aliphatic rings. The zero-order valence-electron chi connectivity index (χ0n) is 12.2. The second-order valence-corrected chi connectivity index (χ2v) is 5.73. The van der Waals surface area contributed by atoms with Gasteiger partial charge in [0.2, 0.25) is 5.95 Å². The third kappa shape index (κ3) is 2.62. The quantitative estimate of drug-likeness (QED) is 0.747. The molecule has 0 atom stereocenters. The van der Waals surface area contributed by atoms with Gasteiger partial charge < -0.3 is 10.5 Å². The van der Waals surface area contributed by atoms with E-state index in [2.05, 4.69) is 15.0 Å². The number of carbonyl (C=O) groups excluding carboxylic acids is 1. The predicted octanol–water partition coefficient (Wildman–Crippen LogP) is 2.82. The van der Waals surface area contributed by atoms with Crippen molar-refractivity contribution in [3.8, 4) is 11.4 Å². The van der Waals surface area contributed by atoms with E-state index in [9.17, 15) is 4.79 Å². The molecular formula is C15H14N4O2S. The van der Waals surface area contributed by atoms with Crippen LogP contribution < -0.4 is 5.73 Å². The summed E-state index contributed by atoms with van der Waals surface area (Å²) in [6, 6.07) is 5.55. The lowest BCUT2D eigenvalue weighted by molar-refractivity contribution is 0.0532. The molecule has 0 spiro atoms. The topological polar surface area (TPSA) is 91.0 Å². The van der Waals surface area contributed by atoms with Gasteiger partial charge in [-0.15, -0.1) is 11.3 Å². The van der Waals surface area contributed by atoms with E-state index in [4.69, 9.17) is 10.5 Å². The van der Waals surface area contributed by atoms with Gasteiger partial charge in [-0.2, -0.15) is 0 Å². The molecule has 3 aromatic heterocycles. The number of ether oxygens (including phenoxy) is 1. The fourth-order valence-corrected chi connectivity index (χ4v) is 2.98. The minimum absolute atomic E-state index is 0.155. The average Bonchev–Trinajstić information content (AvgIpc) is 2.91. The summed E-state index contributed by atoms with van der Waals surface area (Å²) < 4.78 is 5.03. The normalized spacial score (nSPS) is 10.8. The predicted molar refractivity (Wildman–Crippen MR) is 85.8 cm³/mol. The number of pyridine rings is 1. The maximum atomic E-state index is 11.9. The Labute approximate surface area is 131 Å². The number of nitrogens with zero attached hydrogens (tertiary/aromatic N) is 3. The SMILES string of the molecule is CCOC(=O)c1cc2c(-c3ccc(C)cn3)nc(N)nc2s1. The Kier molecular flexibility index (Phi) is 3.72. The highest BCUT2D eigenvalue weighted by Gasteiger charge is 2.17. The number of carbonyl (C=O) groups is 1. The summed E-state index contributed by atoms with van der Waals surface area (Å²) in [7, 11) is 0.